The van der Waals surface area contributed by atoms with Crippen LogP contribution in [-0.4, -0.2) is 23.4 Å². The van der Waals surface area contributed by atoms with Gasteiger partial charge < -0.3 is 4.90 Å². The van der Waals surface area contributed by atoms with Crippen molar-refractivity contribution >= 4 is 5.91 Å². The first-order valence-electron chi connectivity index (χ1n) is 6.23. The second kappa shape index (κ2) is 5.00. The molecule has 0 spiro atoms. The van der Waals surface area contributed by atoms with Gasteiger partial charge in [-0.1, -0.05) is 27.7 Å². The van der Waals surface area contributed by atoms with E-state index in [1.807, 2.05) is 0 Å². The SMILES string of the molecule is CCC1CCCCN1C(=O)CC(C)(C)C. The lowest BCUT2D eigenvalue weighted by Gasteiger charge is -2.36. The molecule has 0 aromatic heterocycles. The first-order chi connectivity index (χ1) is 6.94. The van der Waals surface area contributed by atoms with Crippen LogP contribution in [0.1, 0.15) is 59.8 Å². The lowest BCUT2D eigenvalue weighted by molar-refractivity contribution is -0.136. The molecule has 2 heteroatoms. The van der Waals surface area contributed by atoms with Crippen LogP contribution in [0, 0.1) is 5.41 Å². The van der Waals surface area contributed by atoms with E-state index in [1.54, 1.807) is 0 Å². The molecule has 88 valence electrons. The van der Waals surface area contributed by atoms with Crippen LogP contribution in [0.25, 0.3) is 0 Å². The van der Waals surface area contributed by atoms with Gasteiger partial charge in [-0.3, -0.25) is 4.79 Å². The molecule has 0 aromatic rings. The minimum absolute atomic E-state index is 0.118. The van der Waals surface area contributed by atoms with Gasteiger partial charge in [-0.25, -0.2) is 0 Å². The van der Waals surface area contributed by atoms with E-state index in [4.69, 9.17) is 0 Å². The van der Waals surface area contributed by atoms with Gasteiger partial charge in [0.15, 0.2) is 0 Å². The predicted octanol–water partition coefficient (Wildman–Crippen LogP) is 3.21. The minimum atomic E-state index is 0.118. The van der Waals surface area contributed by atoms with Crippen LogP contribution in [0.2, 0.25) is 0 Å². The number of carbonyl (C=O) groups excluding carboxylic acids is 1. The molecule has 0 aromatic carbocycles. The van der Waals surface area contributed by atoms with Gasteiger partial charge in [0.1, 0.15) is 0 Å². The van der Waals surface area contributed by atoms with Crippen LogP contribution in [0.3, 0.4) is 0 Å². The highest BCUT2D eigenvalue weighted by Crippen LogP contribution is 2.25. The Kier molecular flexibility index (Phi) is 4.18. The highest BCUT2D eigenvalue weighted by molar-refractivity contribution is 5.77. The molecule has 1 unspecified atom stereocenters. The molecular formula is C13H25NO. The van der Waals surface area contributed by atoms with Gasteiger partial charge in [-0.2, -0.15) is 0 Å². The smallest absolute Gasteiger partial charge is 0.223 e. The Morgan fingerprint density at radius 1 is 1.33 bits per heavy atom. The first-order valence-corrected chi connectivity index (χ1v) is 6.23. The van der Waals surface area contributed by atoms with Crippen LogP contribution in [0.4, 0.5) is 0 Å². The maximum atomic E-state index is 12.1. The Labute approximate surface area is 94.0 Å². The van der Waals surface area contributed by atoms with E-state index < -0.39 is 0 Å². The molecule has 1 heterocycles. The van der Waals surface area contributed by atoms with Gasteiger partial charge in [-0.15, -0.1) is 0 Å². The van der Waals surface area contributed by atoms with Crippen LogP contribution >= 0.6 is 0 Å². The topological polar surface area (TPSA) is 20.3 Å². The Balaban J connectivity index is 2.56. The number of amides is 1. The molecule has 1 fully saturated rings. The lowest BCUT2D eigenvalue weighted by Crippen LogP contribution is -2.44. The molecule has 0 N–H and O–H groups in total. The van der Waals surface area contributed by atoms with Gasteiger partial charge in [0, 0.05) is 19.0 Å². The second-order valence-corrected chi connectivity index (χ2v) is 5.88. The Morgan fingerprint density at radius 3 is 2.53 bits per heavy atom. The summed E-state index contributed by atoms with van der Waals surface area (Å²) in [4.78, 5) is 14.2. The zero-order valence-electron chi connectivity index (χ0n) is 10.7. The van der Waals surface area contributed by atoms with E-state index in [0.717, 1.165) is 13.0 Å². The predicted molar refractivity (Wildman–Crippen MR) is 63.7 cm³/mol. The van der Waals surface area contributed by atoms with Crippen molar-refractivity contribution in [1.29, 1.82) is 0 Å². The van der Waals surface area contributed by atoms with E-state index in [2.05, 4.69) is 32.6 Å². The summed E-state index contributed by atoms with van der Waals surface area (Å²) < 4.78 is 0. The van der Waals surface area contributed by atoms with Crippen molar-refractivity contribution in [2.45, 2.75) is 65.8 Å². The van der Waals surface area contributed by atoms with Crippen molar-refractivity contribution in [1.82, 2.24) is 4.90 Å². The monoisotopic (exact) mass is 211 g/mol. The van der Waals surface area contributed by atoms with Gasteiger partial charge in [-0.05, 0) is 31.1 Å². The number of nitrogens with zero attached hydrogens (tertiary/aromatic N) is 1. The molecule has 1 aliphatic heterocycles. The van der Waals surface area contributed by atoms with Gasteiger partial charge in [0.2, 0.25) is 5.91 Å². The third kappa shape index (κ3) is 3.84. The van der Waals surface area contributed by atoms with E-state index in [-0.39, 0.29) is 5.41 Å². The molecule has 1 amide bonds. The number of rotatable bonds is 2. The van der Waals surface area contributed by atoms with Crippen LogP contribution in [0.15, 0.2) is 0 Å². The number of hydrogen-bond acceptors (Lipinski definition) is 1. The summed E-state index contributed by atoms with van der Waals surface area (Å²) in [6, 6.07) is 0.508. The molecule has 0 radical (unpaired) electrons. The molecule has 0 bridgehead atoms. The summed E-state index contributed by atoms with van der Waals surface area (Å²) >= 11 is 0. The molecule has 2 nitrogen and oxygen atoms in total. The molecule has 1 saturated heterocycles. The van der Waals surface area contributed by atoms with E-state index in [9.17, 15) is 4.79 Å². The van der Waals surface area contributed by atoms with Crippen molar-refractivity contribution in [3.63, 3.8) is 0 Å². The third-order valence-corrected chi connectivity index (χ3v) is 3.10. The molecule has 0 aliphatic carbocycles. The maximum absolute atomic E-state index is 12.1. The van der Waals surface area contributed by atoms with Crippen LogP contribution < -0.4 is 0 Å². The van der Waals surface area contributed by atoms with Crippen molar-refractivity contribution in [3.05, 3.63) is 0 Å². The minimum Gasteiger partial charge on any atom is -0.340 e. The van der Waals surface area contributed by atoms with Crippen molar-refractivity contribution in [3.8, 4) is 0 Å². The summed E-state index contributed by atoms with van der Waals surface area (Å²) in [7, 11) is 0. The highest BCUT2D eigenvalue weighted by atomic mass is 16.2. The van der Waals surface area contributed by atoms with E-state index in [0.29, 0.717) is 18.4 Å². The van der Waals surface area contributed by atoms with Crippen molar-refractivity contribution in [2.24, 2.45) is 5.41 Å². The zero-order chi connectivity index (χ0) is 11.5. The summed E-state index contributed by atoms with van der Waals surface area (Å²) in [6.45, 7) is 9.57. The van der Waals surface area contributed by atoms with Crippen molar-refractivity contribution in [2.75, 3.05) is 6.54 Å². The molecular weight excluding hydrogens is 186 g/mol. The number of hydrogen-bond donors (Lipinski definition) is 0. The fourth-order valence-corrected chi connectivity index (χ4v) is 2.31. The highest BCUT2D eigenvalue weighted by Gasteiger charge is 2.27. The molecule has 1 aliphatic rings. The quantitative estimate of drug-likeness (QED) is 0.687. The first kappa shape index (κ1) is 12.5. The molecule has 1 rings (SSSR count). The standard InChI is InChI=1S/C13H25NO/c1-5-11-8-6-7-9-14(11)12(15)10-13(2,3)4/h11H,5-10H2,1-4H3. The summed E-state index contributed by atoms with van der Waals surface area (Å²) in [5.41, 5.74) is 0.118. The average Bonchev–Trinajstić information content (AvgIpc) is 2.15. The largest absolute Gasteiger partial charge is 0.340 e. The number of likely N-dealkylation sites (tertiary alicyclic amines) is 1. The number of piperidine rings is 1. The lowest BCUT2D eigenvalue weighted by atomic mass is 9.90. The van der Waals surface area contributed by atoms with Gasteiger partial charge in [0.05, 0.1) is 0 Å². The van der Waals surface area contributed by atoms with Crippen LogP contribution in [0.5, 0.6) is 0 Å². The summed E-state index contributed by atoms with van der Waals surface area (Å²) in [5.74, 6) is 0.356. The Morgan fingerprint density at radius 2 is 2.00 bits per heavy atom. The number of carbonyl (C=O) groups is 1. The molecule has 15 heavy (non-hydrogen) atoms. The molecule has 1 atom stereocenters. The Hall–Kier alpha value is -0.530. The Bertz CT molecular complexity index is 217. The fourth-order valence-electron chi connectivity index (χ4n) is 2.31. The third-order valence-electron chi connectivity index (χ3n) is 3.10. The average molecular weight is 211 g/mol. The molecule has 0 saturated carbocycles. The van der Waals surface area contributed by atoms with Crippen molar-refractivity contribution < 1.29 is 4.79 Å². The van der Waals surface area contributed by atoms with E-state index >= 15 is 0 Å². The fraction of sp³-hybridized carbons (Fsp3) is 0.923. The second-order valence-electron chi connectivity index (χ2n) is 5.88. The van der Waals surface area contributed by atoms with E-state index in [1.165, 1.54) is 19.3 Å². The van der Waals surface area contributed by atoms with Gasteiger partial charge in [0.25, 0.3) is 0 Å². The maximum Gasteiger partial charge on any atom is 0.223 e. The van der Waals surface area contributed by atoms with Gasteiger partial charge >= 0.3 is 0 Å². The summed E-state index contributed by atoms with van der Waals surface area (Å²) in [6.07, 6.45) is 5.47. The van der Waals surface area contributed by atoms with Crippen LogP contribution in [-0.2, 0) is 4.79 Å². The zero-order valence-corrected chi connectivity index (χ0v) is 10.7. The normalized spacial score (nSPS) is 22.9. The summed E-state index contributed by atoms with van der Waals surface area (Å²) in [5, 5.41) is 0.